The summed E-state index contributed by atoms with van der Waals surface area (Å²) in [5, 5.41) is 9.07. The van der Waals surface area contributed by atoms with Crippen molar-refractivity contribution in [2.75, 3.05) is 6.26 Å². The van der Waals surface area contributed by atoms with Crippen molar-refractivity contribution in [1.82, 2.24) is 15.2 Å². The normalized spacial score (nSPS) is 12.7. The van der Waals surface area contributed by atoms with Gasteiger partial charge in [0, 0.05) is 22.2 Å². The third-order valence-electron chi connectivity index (χ3n) is 3.50. The van der Waals surface area contributed by atoms with E-state index >= 15 is 0 Å². The molecule has 23 heavy (non-hydrogen) atoms. The number of benzene rings is 1. The van der Waals surface area contributed by atoms with Gasteiger partial charge in [-0.3, -0.25) is 4.79 Å². The standard InChI is InChI=1S/C16H17N3O2S2/c1-9-14(11-6-4-5-7-12(11)17-9)15(20)10(2)23-16-19-18-13(21-16)8-22-3/h4-7,10,17H,8H2,1-3H3/t10-/m1/s1. The molecule has 120 valence electrons. The lowest BCUT2D eigenvalue weighted by Gasteiger charge is -2.07. The number of hydrogen-bond donors (Lipinski definition) is 1. The summed E-state index contributed by atoms with van der Waals surface area (Å²) in [6.07, 6.45) is 1.98. The molecule has 0 aliphatic carbocycles. The molecule has 0 spiro atoms. The maximum absolute atomic E-state index is 12.8. The Bertz CT molecular complexity index is 841. The molecular formula is C16H17N3O2S2. The van der Waals surface area contributed by atoms with Crippen molar-refractivity contribution in [2.45, 2.75) is 30.1 Å². The number of aromatic amines is 1. The molecule has 0 saturated carbocycles. The predicted molar refractivity (Wildman–Crippen MR) is 94.2 cm³/mol. The molecule has 0 amide bonds. The molecule has 0 fully saturated rings. The van der Waals surface area contributed by atoms with Gasteiger partial charge in [0.05, 0.1) is 11.0 Å². The number of thioether (sulfide) groups is 2. The number of carbonyl (C=O) groups excluding carboxylic acids is 1. The first-order valence-corrected chi connectivity index (χ1v) is 9.47. The van der Waals surface area contributed by atoms with Gasteiger partial charge in [0.2, 0.25) is 5.89 Å². The minimum atomic E-state index is -0.296. The number of carbonyl (C=O) groups is 1. The summed E-state index contributed by atoms with van der Waals surface area (Å²) < 4.78 is 5.54. The molecular weight excluding hydrogens is 330 g/mol. The van der Waals surface area contributed by atoms with Gasteiger partial charge in [0.15, 0.2) is 5.78 Å². The molecule has 0 aliphatic rings. The highest BCUT2D eigenvalue weighted by Crippen LogP contribution is 2.29. The van der Waals surface area contributed by atoms with E-state index in [1.165, 1.54) is 11.8 Å². The first-order chi connectivity index (χ1) is 11.1. The van der Waals surface area contributed by atoms with E-state index in [1.807, 2.05) is 44.4 Å². The highest BCUT2D eigenvalue weighted by molar-refractivity contribution is 8.00. The Morgan fingerprint density at radius 2 is 2.13 bits per heavy atom. The van der Waals surface area contributed by atoms with Crippen molar-refractivity contribution in [3.63, 3.8) is 0 Å². The van der Waals surface area contributed by atoms with Crippen molar-refractivity contribution in [3.05, 3.63) is 41.4 Å². The largest absolute Gasteiger partial charge is 0.415 e. The summed E-state index contributed by atoms with van der Waals surface area (Å²) in [4.78, 5) is 16.1. The van der Waals surface area contributed by atoms with Crippen molar-refractivity contribution in [3.8, 4) is 0 Å². The first kappa shape index (κ1) is 16.1. The number of H-pyrrole nitrogens is 1. The van der Waals surface area contributed by atoms with Crippen LogP contribution in [0.25, 0.3) is 10.9 Å². The Balaban J connectivity index is 1.82. The van der Waals surface area contributed by atoms with E-state index in [9.17, 15) is 4.79 Å². The third kappa shape index (κ3) is 3.30. The molecule has 3 rings (SSSR count). The summed E-state index contributed by atoms with van der Waals surface area (Å²) in [6.45, 7) is 3.79. The van der Waals surface area contributed by atoms with E-state index in [0.717, 1.165) is 22.2 Å². The summed E-state index contributed by atoms with van der Waals surface area (Å²) >= 11 is 2.92. The maximum Gasteiger partial charge on any atom is 0.277 e. The van der Waals surface area contributed by atoms with Crippen LogP contribution in [0.5, 0.6) is 0 Å². The number of fused-ring (bicyclic) bond motifs is 1. The van der Waals surface area contributed by atoms with Crippen LogP contribution in [0.1, 0.15) is 28.9 Å². The van der Waals surface area contributed by atoms with Gasteiger partial charge >= 0.3 is 0 Å². The second-order valence-corrected chi connectivity index (χ2v) is 7.35. The van der Waals surface area contributed by atoms with Crippen LogP contribution >= 0.6 is 23.5 Å². The topological polar surface area (TPSA) is 71.8 Å². The number of nitrogens with one attached hydrogen (secondary N) is 1. The van der Waals surface area contributed by atoms with Crippen LogP contribution in [0.4, 0.5) is 0 Å². The molecule has 3 aromatic rings. The number of aryl methyl sites for hydroxylation is 1. The van der Waals surface area contributed by atoms with E-state index in [2.05, 4.69) is 15.2 Å². The van der Waals surface area contributed by atoms with Gasteiger partial charge in [0.1, 0.15) is 0 Å². The van der Waals surface area contributed by atoms with Crippen molar-refractivity contribution in [1.29, 1.82) is 0 Å². The molecule has 0 bridgehead atoms. The number of hydrogen-bond acceptors (Lipinski definition) is 6. The lowest BCUT2D eigenvalue weighted by atomic mass is 10.1. The van der Waals surface area contributed by atoms with Crippen LogP contribution in [0.15, 0.2) is 33.9 Å². The molecule has 2 aromatic heterocycles. The highest BCUT2D eigenvalue weighted by atomic mass is 32.2. The van der Waals surface area contributed by atoms with Gasteiger partial charge in [-0.15, -0.1) is 10.2 Å². The van der Waals surface area contributed by atoms with Crippen LogP contribution in [0.3, 0.4) is 0 Å². The van der Waals surface area contributed by atoms with Gasteiger partial charge in [-0.1, -0.05) is 30.0 Å². The van der Waals surface area contributed by atoms with Gasteiger partial charge in [-0.25, -0.2) is 0 Å². The smallest absolute Gasteiger partial charge is 0.277 e. The summed E-state index contributed by atoms with van der Waals surface area (Å²) in [6, 6.07) is 7.84. The molecule has 0 aliphatic heterocycles. The fourth-order valence-electron chi connectivity index (χ4n) is 2.47. The lowest BCUT2D eigenvalue weighted by molar-refractivity contribution is 0.0994. The second kappa shape index (κ2) is 6.80. The minimum Gasteiger partial charge on any atom is -0.415 e. The van der Waals surface area contributed by atoms with Gasteiger partial charge in [0.25, 0.3) is 5.22 Å². The summed E-state index contributed by atoms with van der Waals surface area (Å²) in [7, 11) is 0. The number of para-hydroxylation sites is 1. The molecule has 5 nitrogen and oxygen atoms in total. The number of ketones is 1. The zero-order valence-corrected chi connectivity index (χ0v) is 14.8. The second-order valence-electron chi connectivity index (χ2n) is 5.19. The van der Waals surface area contributed by atoms with Crippen LogP contribution in [0.2, 0.25) is 0 Å². The zero-order valence-electron chi connectivity index (χ0n) is 13.1. The fraction of sp³-hybridized carbons (Fsp3) is 0.312. The van der Waals surface area contributed by atoms with Crippen molar-refractivity contribution in [2.24, 2.45) is 0 Å². The molecule has 2 heterocycles. The van der Waals surface area contributed by atoms with E-state index in [1.54, 1.807) is 11.8 Å². The molecule has 1 aromatic carbocycles. The van der Waals surface area contributed by atoms with E-state index in [-0.39, 0.29) is 11.0 Å². The number of aromatic nitrogens is 3. The van der Waals surface area contributed by atoms with Crippen LogP contribution in [-0.2, 0) is 5.75 Å². The van der Waals surface area contributed by atoms with Gasteiger partial charge in [-0.05, 0) is 26.2 Å². The van der Waals surface area contributed by atoms with Crippen LogP contribution in [-0.4, -0.2) is 32.5 Å². The van der Waals surface area contributed by atoms with Crippen LogP contribution < -0.4 is 0 Å². The van der Waals surface area contributed by atoms with E-state index in [4.69, 9.17) is 4.42 Å². The molecule has 0 unspecified atom stereocenters. The molecule has 1 atom stereocenters. The SMILES string of the molecule is CSCc1nnc(S[C@H](C)C(=O)c2c(C)[nH]c3ccccc23)o1. The van der Waals surface area contributed by atoms with Crippen molar-refractivity contribution < 1.29 is 9.21 Å². The zero-order chi connectivity index (χ0) is 16.4. The maximum atomic E-state index is 12.8. The van der Waals surface area contributed by atoms with Crippen molar-refractivity contribution >= 4 is 40.2 Å². The highest BCUT2D eigenvalue weighted by Gasteiger charge is 2.24. The fourth-order valence-corrected chi connectivity index (χ4v) is 3.59. The average Bonchev–Trinajstić information content (AvgIpc) is 3.10. The Kier molecular flexibility index (Phi) is 4.77. The number of rotatable bonds is 6. The first-order valence-electron chi connectivity index (χ1n) is 7.19. The average molecular weight is 347 g/mol. The molecule has 0 saturated heterocycles. The van der Waals surface area contributed by atoms with Gasteiger partial charge in [-0.2, -0.15) is 11.8 Å². The Morgan fingerprint density at radius 1 is 1.35 bits per heavy atom. The Labute approximate surface area is 142 Å². The van der Waals surface area contributed by atoms with E-state index in [0.29, 0.717) is 16.9 Å². The predicted octanol–water partition coefficient (Wildman–Crippen LogP) is 4.09. The number of nitrogens with zero attached hydrogens (tertiary/aromatic N) is 2. The summed E-state index contributed by atoms with van der Waals surface area (Å²) in [5.74, 6) is 1.33. The quantitative estimate of drug-likeness (QED) is 0.535. The Hall–Kier alpha value is -1.73. The number of Topliss-reactive ketones (excluding diaryl/α,β-unsaturated/α-hetero) is 1. The molecule has 1 N–H and O–H groups in total. The van der Waals surface area contributed by atoms with E-state index < -0.39 is 0 Å². The Morgan fingerprint density at radius 3 is 2.91 bits per heavy atom. The lowest BCUT2D eigenvalue weighted by Crippen LogP contribution is -2.14. The molecule has 0 radical (unpaired) electrons. The molecule has 7 heteroatoms. The van der Waals surface area contributed by atoms with Gasteiger partial charge < -0.3 is 9.40 Å². The minimum absolute atomic E-state index is 0.0644. The monoisotopic (exact) mass is 347 g/mol. The van der Waals surface area contributed by atoms with Crippen LogP contribution in [0, 0.1) is 6.92 Å². The summed E-state index contributed by atoms with van der Waals surface area (Å²) in [5.41, 5.74) is 2.60. The third-order valence-corrected chi connectivity index (χ3v) is 4.97.